The van der Waals surface area contributed by atoms with Crippen molar-refractivity contribution in [1.29, 1.82) is 0 Å². The first-order valence-electron chi connectivity index (χ1n) is 5.11. The molecule has 0 radical (unpaired) electrons. The molecule has 2 N–H and O–H groups in total. The number of aromatic nitrogens is 1. The standard InChI is InChI=1S/C11H14N2O3S/c1-8(2)7-16-11(15)13-10-12-6-9(17-10)4-3-5-14/h6,8,14H,5,7H2,1-2H3,(H,12,13,15). The maximum Gasteiger partial charge on any atom is 0.413 e. The van der Waals surface area contributed by atoms with Crippen molar-refractivity contribution in [3.8, 4) is 11.8 Å². The summed E-state index contributed by atoms with van der Waals surface area (Å²) in [6.45, 7) is 4.09. The van der Waals surface area contributed by atoms with Crippen LogP contribution in [0.2, 0.25) is 0 Å². The minimum Gasteiger partial charge on any atom is -0.449 e. The number of hydrogen-bond acceptors (Lipinski definition) is 5. The van der Waals surface area contributed by atoms with E-state index < -0.39 is 6.09 Å². The summed E-state index contributed by atoms with van der Waals surface area (Å²) in [5.74, 6) is 5.50. The van der Waals surface area contributed by atoms with Crippen LogP contribution in [0.25, 0.3) is 0 Å². The average Bonchev–Trinajstić information content (AvgIpc) is 2.71. The third kappa shape index (κ3) is 5.33. The number of carbonyl (C=O) groups excluding carboxylic acids is 1. The van der Waals surface area contributed by atoms with Gasteiger partial charge in [0, 0.05) is 0 Å². The lowest BCUT2D eigenvalue weighted by Crippen LogP contribution is -2.16. The van der Waals surface area contributed by atoms with Gasteiger partial charge in [-0.05, 0) is 5.92 Å². The zero-order valence-electron chi connectivity index (χ0n) is 9.69. The Labute approximate surface area is 104 Å². The first kappa shape index (κ1) is 13.5. The Morgan fingerprint density at radius 1 is 1.71 bits per heavy atom. The van der Waals surface area contributed by atoms with E-state index in [4.69, 9.17) is 9.84 Å². The van der Waals surface area contributed by atoms with Crippen LogP contribution < -0.4 is 5.32 Å². The van der Waals surface area contributed by atoms with E-state index in [0.717, 1.165) is 0 Å². The summed E-state index contributed by atoms with van der Waals surface area (Å²) >= 11 is 1.23. The number of thiazole rings is 1. The molecule has 0 bridgehead atoms. The van der Waals surface area contributed by atoms with Gasteiger partial charge >= 0.3 is 6.09 Å². The number of amides is 1. The Balaban J connectivity index is 2.46. The number of anilines is 1. The number of aliphatic hydroxyl groups is 1. The van der Waals surface area contributed by atoms with E-state index in [1.165, 1.54) is 17.5 Å². The van der Waals surface area contributed by atoms with E-state index in [2.05, 4.69) is 22.1 Å². The Morgan fingerprint density at radius 2 is 2.47 bits per heavy atom. The molecule has 1 aromatic heterocycles. The summed E-state index contributed by atoms with van der Waals surface area (Å²) in [6.07, 6.45) is 1.01. The zero-order chi connectivity index (χ0) is 12.7. The maximum atomic E-state index is 11.3. The summed E-state index contributed by atoms with van der Waals surface area (Å²) in [7, 11) is 0. The second-order valence-corrected chi connectivity index (χ2v) is 4.64. The SMILES string of the molecule is CC(C)COC(=O)Nc1ncc(C#CCO)s1. The van der Waals surface area contributed by atoms with Crippen LogP contribution in [0.15, 0.2) is 6.20 Å². The van der Waals surface area contributed by atoms with Gasteiger partial charge in [0.2, 0.25) is 0 Å². The molecule has 0 fully saturated rings. The zero-order valence-corrected chi connectivity index (χ0v) is 10.5. The smallest absolute Gasteiger partial charge is 0.413 e. The molecule has 0 aliphatic rings. The number of aliphatic hydroxyl groups excluding tert-OH is 1. The molecular weight excluding hydrogens is 240 g/mol. The minimum absolute atomic E-state index is 0.197. The fraction of sp³-hybridized carbons (Fsp3) is 0.455. The van der Waals surface area contributed by atoms with Gasteiger partial charge in [-0.1, -0.05) is 37.0 Å². The van der Waals surface area contributed by atoms with Crippen LogP contribution in [0.4, 0.5) is 9.93 Å². The number of hydrogen-bond donors (Lipinski definition) is 2. The molecule has 1 heterocycles. The Morgan fingerprint density at radius 3 is 3.12 bits per heavy atom. The summed E-state index contributed by atoms with van der Waals surface area (Å²) < 4.78 is 4.94. The van der Waals surface area contributed by atoms with Crippen molar-refractivity contribution in [1.82, 2.24) is 4.98 Å². The molecule has 5 nitrogen and oxygen atoms in total. The third-order valence-corrected chi connectivity index (χ3v) is 2.38. The lowest BCUT2D eigenvalue weighted by molar-refractivity contribution is 0.147. The van der Waals surface area contributed by atoms with Gasteiger partial charge in [-0.15, -0.1) is 0 Å². The summed E-state index contributed by atoms with van der Waals surface area (Å²) in [4.78, 5) is 15.9. The summed E-state index contributed by atoms with van der Waals surface area (Å²) in [6, 6.07) is 0. The molecule has 92 valence electrons. The molecule has 6 heteroatoms. The van der Waals surface area contributed by atoms with Gasteiger partial charge in [-0.3, -0.25) is 5.32 Å². The van der Waals surface area contributed by atoms with Crippen molar-refractivity contribution in [2.75, 3.05) is 18.5 Å². The molecule has 0 unspecified atom stereocenters. The van der Waals surface area contributed by atoms with Crippen LogP contribution in [0.5, 0.6) is 0 Å². The average molecular weight is 254 g/mol. The van der Waals surface area contributed by atoms with Crippen molar-refractivity contribution in [3.05, 3.63) is 11.1 Å². The maximum absolute atomic E-state index is 11.3. The minimum atomic E-state index is -0.519. The molecule has 0 aliphatic carbocycles. The summed E-state index contributed by atoms with van der Waals surface area (Å²) in [5, 5.41) is 11.5. The van der Waals surface area contributed by atoms with E-state index in [0.29, 0.717) is 22.5 Å². The van der Waals surface area contributed by atoms with Crippen LogP contribution >= 0.6 is 11.3 Å². The molecular formula is C11H14N2O3S. The van der Waals surface area contributed by atoms with Gasteiger partial charge in [0.25, 0.3) is 0 Å². The normalized spacial score (nSPS) is 9.65. The number of ether oxygens (including phenoxy) is 1. The Bertz CT molecular complexity index is 431. The van der Waals surface area contributed by atoms with Crippen LogP contribution in [-0.2, 0) is 4.74 Å². The van der Waals surface area contributed by atoms with E-state index in [-0.39, 0.29) is 6.61 Å². The molecule has 0 spiro atoms. The van der Waals surface area contributed by atoms with Crippen LogP contribution in [0.1, 0.15) is 18.7 Å². The fourth-order valence-electron chi connectivity index (χ4n) is 0.882. The summed E-state index contributed by atoms with van der Waals surface area (Å²) in [5.41, 5.74) is 0. The lowest BCUT2D eigenvalue weighted by Gasteiger charge is -2.06. The predicted octanol–water partition coefficient (Wildman–Crippen LogP) is 1.69. The van der Waals surface area contributed by atoms with Crippen molar-refractivity contribution in [3.63, 3.8) is 0 Å². The predicted molar refractivity (Wildman–Crippen MR) is 65.9 cm³/mol. The number of nitrogens with zero attached hydrogens (tertiary/aromatic N) is 1. The second kappa shape index (κ2) is 6.89. The molecule has 0 saturated heterocycles. The second-order valence-electron chi connectivity index (χ2n) is 3.61. The molecule has 0 aromatic carbocycles. The molecule has 0 atom stereocenters. The van der Waals surface area contributed by atoms with Crippen LogP contribution in [0.3, 0.4) is 0 Å². The topological polar surface area (TPSA) is 71.5 Å². The lowest BCUT2D eigenvalue weighted by atomic mass is 10.2. The van der Waals surface area contributed by atoms with Gasteiger partial charge in [-0.25, -0.2) is 9.78 Å². The van der Waals surface area contributed by atoms with Crippen molar-refractivity contribution < 1.29 is 14.6 Å². The van der Waals surface area contributed by atoms with Crippen molar-refractivity contribution in [2.45, 2.75) is 13.8 Å². The van der Waals surface area contributed by atoms with E-state index in [1.807, 2.05) is 13.8 Å². The van der Waals surface area contributed by atoms with Crippen LogP contribution in [-0.4, -0.2) is 29.4 Å². The van der Waals surface area contributed by atoms with Crippen molar-refractivity contribution in [2.24, 2.45) is 5.92 Å². The quantitative estimate of drug-likeness (QED) is 0.805. The van der Waals surface area contributed by atoms with Crippen molar-refractivity contribution >= 4 is 22.6 Å². The molecule has 17 heavy (non-hydrogen) atoms. The number of nitrogens with one attached hydrogen (secondary N) is 1. The highest BCUT2D eigenvalue weighted by molar-refractivity contribution is 7.16. The van der Waals surface area contributed by atoms with E-state index in [9.17, 15) is 4.79 Å². The van der Waals surface area contributed by atoms with Gasteiger partial charge in [-0.2, -0.15) is 0 Å². The molecule has 0 saturated carbocycles. The number of rotatable bonds is 3. The van der Waals surface area contributed by atoms with E-state index in [1.54, 1.807) is 0 Å². The monoisotopic (exact) mass is 254 g/mol. The first-order valence-corrected chi connectivity index (χ1v) is 5.92. The largest absolute Gasteiger partial charge is 0.449 e. The molecule has 0 aliphatic heterocycles. The molecule has 1 amide bonds. The number of carbonyl (C=O) groups is 1. The highest BCUT2D eigenvalue weighted by Gasteiger charge is 2.07. The molecule has 1 rings (SSSR count). The van der Waals surface area contributed by atoms with Gasteiger partial charge in [0.1, 0.15) is 6.61 Å². The Kier molecular flexibility index (Phi) is 5.46. The highest BCUT2D eigenvalue weighted by Crippen LogP contribution is 2.17. The Hall–Kier alpha value is -1.58. The van der Waals surface area contributed by atoms with Gasteiger partial charge in [0.05, 0.1) is 17.7 Å². The van der Waals surface area contributed by atoms with Gasteiger partial charge in [0.15, 0.2) is 5.13 Å². The molecule has 1 aromatic rings. The van der Waals surface area contributed by atoms with E-state index >= 15 is 0 Å². The fourth-order valence-corrected chi connectivity index (χ4v) is 1.56. The van der Waals surface area contributed by atoms with Gasteiger partial charge < -0.3 is 9.84 Å². The highest BCUT2D eigenvalue weighted by atomic mass is 32.1. The third-order valence-electron chi connectivity index (χ3n) is 1.55. The first-order chi connectivity index (χ1) is 8.11. The van der Waals surface area contributed by atoms with Crippen LogP contribution in [0, 0.1) is 17.8 Å².